The molecule has 7 nitrogen and oxygen atoms in total. The summed E-state index contributed by atoms with van der Waals surface area (Å²) in [5.41, 5.74) is 3.28. The van der Waals surface area contributed by atoms with Crippen LogP contribution in [0.1, 0.15) is 58.5 Å². The van der Waals surface area contributed by atoms with E-state index in [0.29, 0.717) is 37.5 Å². The van der Waals surface area contributed by atoms with Gasteiger partial charge in [-0.05, 0) is 60.3 Å². The SMILES string of the molecule is CC(C)CC(=O)N1CCc2ccc(OCc3nc(C(=O)N4CCN(C)CC4)cs3)cc2C1c1cccc(F)c1. The monoisotopic (exact) mass is 550 g/mol. The molecule has 206 valence electrons. The predicted molar refractivity (Wildman–Crippen MR) is 149 cm³/mol. The summed E-state index contributed by atoms with van der Waals surface area (Å²) in [7, 11) is 2.06. The van der Waals surface area contributed by atoms with Crippen molar-refractivity contribution in [3.63, 3.8) is 0 Å². The first-order chi connectivity index (χ1) is 18.8. The van der Waals surface area contributed by atoms with E-state index in [-0.39, 0.29) is 36.2 Å². The third-order valence-corrected chi connectivity index (χ3v) is 8.16. The Morgan fingerprint density at radius 3 is 2.64 bits per heavy atom. The first kappa shape index (κ1) is 27.3. The molecule has 2 aromatic carbocycles. The van der Waals surface area contributed by atoms with E-state index in [9.17, 15) is 14.0 Å². The van der Waals surface area contributed by atoms with E-state index >= 15 is 0 Å². The summed E-state index contributed by atoms with van der Waals surface area (Å²) in [5.74, 6) is 0.581. The summed E-state index contributed by atoms with van der Waals surface area (Å²) >= 11 is 1.41. The van der Waals surface area contributed by atoms with E-state index in [1.807, 2.05) is 47.9 Å². The largest absolute Gasteiger partial charge is 0.486 e. The molecular weight excluding hydrogens is 515 g/mol. The maximum absolute atomic E-state index is 14.3. The number of fused-ring (bicyclic) bond motifs is 1. The second-order valence-electron chi connectivity index (χ2n) is 10.8. The molecule has 1 atom stereocenters. The number of likely N-dealkylation sites (N-methyl/N-ethyl adjacent to an activating group) is 1. The minimum Gasteiger partial charge on any atom is -0.486 e. The van der Waals surface area contributed by atoms with E-state index in [1.165, 1.54) is 23.5 Å². The van der Waals surface area contributed by atoms with E-state index in [1.54, 1.807) is 11.4 Å². The Hall–Kier alpha value is -3.30. The fourth-order valence-electron chi connectivity index (χ4n) is 5.25. The summed E-state index contributed by atoms with van der Waals surface area (Å²) in [6, 6.07) is 12.0. The molecule has 5 rings (SSSR count). The molecule has 1 saturated heterocycles. The van der Waals surface area contributed by atoms with Crippen molar-refractivity contribution < 1.29 is 18.7 Å². The van der Waals surface area contributed by atoms with Crippen molar-refractivity contribution in [1.82, 2.24) is 19.7 Å². The molecule has 0 aliphatic carbocycles. The number of piperazine rings is 1. The van der Waals surface area contributed by atoms with Gasteiger partial charge in [0.05, 0.1) is 6.04 Å². The van der Waals surface area contributed by atoms with Crippen LogP contribution in [-0.4, -0.2) is 71.3 Å². The van der Waals surface area contributed by atoms with E-state index in [0.717, 1.165) is 41.2 Å². The second-order valence-corrected chi connectivity index (χ2v) is 11.7. The van der Waals surface area contributed by atoms with Crippen LogP contribution in [0.2, 0.25) is 0 Å². The minimum absolute atomic E-state index is 0.0385. The summed E-state index contributed by atoms with van der Waals surface area (Å²) in [6.07, 6.45) is 1.17. The molecule has 0 N–H and O–H groups in total. The van der Waals surface area contributed by atoms with Gasteiger partial charge in [0.1, 0.15) is 28.9 Å². The van der Waals surface area contributed by atoms with Crippen LogP contribution < -0.4 is 4.74 Å². The van der Waals surface area contributed by atoms with Gasteiger partial charge >= 0.3 is 0 Å². The van der Waals surface area contributed by atoms with Gasteiger partial charge in [-0.15, -0.1) is 11.3 Å². The van der Waals surface area contributed by atoms with Crippen molar-refractivity contribution in [2.45, 2.75) is 39.3 Å². The van der Waals surface area contributed by atoms with Crippen LogP contribution in [-0.2, 0) is 17.8 Å². The number of halogens is 1. The number of hydrogen-bond donors (Lipinski definition) is 0. The van der Waals surface area contributed by atoms with Crippen LogP contribution in [0.5, 0.6) is 5.75 Å². The Morgan fingerprint density at radius 2 is 1.90 bits per heavy atom. The molecule has 9 heteroatoms. The normalized spacial score (nSPS) is 17.8. The second kappa shape index (κ2) is 11.8. The Bertz CT molecular complexity index is 1340. The molecule has 3 aromatic rings. The molecule has 1 fully saturated rings. The van der Waals surface area contributed by atoms with Gasteiger partial charge in [-0.25, -0.2) is 9.37 Å². The van der Waals surface area contributed by atoms with Gasteiger partial charge in [-0.3, -0.25) is 9.59 Å². The fourth-order valence-corrected chi connectivity index (χ4v) is 5.93. The topological polar surface area (TPSA) is 66.0 Å². The van der Waals surface area contributed by atoms with Crippen molar-refractivity contribution in [3.05, 3.63) is 81.1 Å². The third kappa shape index (κ3) is 6.31. The maximum Gasteiger partial charge on any atom is 0.273 e. The standard InChI is InChI=1S/C30H35FN4O3S/c1-20(2)15-28(36)35-10-9-21-7-8-24(17-25(21)29(35)22-5-4-6-23(31)16-22)38-18-27-32-26(19-39-27)30(37)34-13-11-33(3)12-14-34/h4-8,16-17,19-20,29H,9-15,18H2,1-3H3. The van der Waals surface area contributed by atoms with E-state index in [4.69, 9.17) is 4.74 Å². The van der Waals surface area contributed by atoms with Crippen LogP contribution in [0, 0.1) is 11.7 Å². The molecular formula is C30H35FN4O3S. The van der Waals surface area contributed by atoms with Crippen molar-refractivity contribution in [2.75, 3.05) is 39.8 Å². The number of rotatable bonds is 7. The van der Waals surface area contributed by atoms with Crippen LogP contribution in [0.3, 0.4) is 0 Å². The van der Waals surface area contributed by atoms with Gasteiger partial charge in [0.2, 0.25) is 5.91 Å². The Morgan fingerprint density at radius 1 is 1.10 bits per heavy atom. The molecule has 1 aromatic heterocycles. The van der Waals surface area contributed by atoms with Gasteiger partial charge in [0, 0.05) is 44.5 Å². The Balaban J connectivity index is 1.34. The number of benzene rings is 2. The number of nitrogens with zero attached hydrogens (tertiary/aromatic N) is 4. The predicted octanol–water partition coefficient (Wildman–Crippen LogP) is 4.77. The zero-order valence-electron chi connectivity index (χ0n) is 22.7. The van der Waals surface area contributed by atoms with Gasteiger partial charge in [-0.2, -0.15) is 0 Å². The first-order valence-corrected chi connectivity index (χ1v) is 14.4. The number of ether oxygens (including phenoxy) is 1. The van der Waals surface area contributed by atoms with Crippen LogP contribution in [0.25, 0.3) is 0 Å². The lowest BCUT2D eigenvalue weighted by molar-refractivity contribution is -0.134. The molecule has 2 amide bonds. The van der Waals surface area contributed by atoms with Crippen molar-refractivity contribution in [1.29, 1.82) is 0 Å². The highest BCUT2D eigenvalue weighted by Gasteiger charge is 2.33. The molecule has 2 aliphatic heterocycles. The van der Waals surface area contributed by atoms with Gasteiger partial charge in [-0.1, -0.05) is 32.0 Å². The molecule has 2 aliphatic rings. The van der Waals surface area contributed by atoms with Gasteiger partial charge < -0.3 is 19.4 Å². The number of amides is 2. The molecule has 0 radical (unpaired) electrons. The molecule has 0 bridgehead atoms. The highest BCUT2D eigenvalue weighted by molar-refractivity contribution is 7.09. The first-order valence-electron chi connectivity index (χ1n) is 13.5. The number of carbonyl (C=O) groups excluding carboxylic acids is 2. The molecule has 3 heterocycles. The quantitative estimate of drug-likeness (QED) is 0.424. The molecule has 0 saturated carbocycles. The summed E-state index contributed by atoms with van der Waals surface area (Å²) in [4.78, 5) is 36.6. The number of hydrogen-bond acceptors (Lipinski definition) is 6. The van der Waals surface area contributed by atoms with Crippen LogP contribution >= 0.6 is 11.3 Å². The summed E-state index contributed by atoms with van der Waals surface area (Å²) in [5, 5.41) is 2.52. The molecule has 39 heavy (non-hydrogen) atoms. The number of thiazole rings is 1. The zero-order valence-corrected chi connectivity index (χ0v) is 23.5. The van der Waals surface area contributed by atoms with E-state index < -0.39 is 0 Å². The third-order valence-electron chi connectivity index (χ3n) is 7.34. The highest BCUT2D eigenvalue weighted by Crippen LogP contribution is 2.38. The van der Waals surface area contributed by atoms with Crippen molar-refractivity contribution >= 4 is 23.2 Å². The smallest absolute Gasteiger partial charge is 0.273 e. The van der Waals surface area contributed by atoms with Crippen molar-refractivity contribution in [3.8, 4) is 5.75 Å². The number of aromatic nitrogens is 1. The van der Waals surface area contributed by atoms with Crippen LogP contribution in [0.4, 0.5) is 4.39 Å². The summed E-state index contributed by atoms with van der Waals surface area (Å²) in [6.45, 7) is 8.02. The fraction of sp³-hybridized carbons (Fsp3) is 0.433. The van der Waals surface area contributed by atoms with Gasteiger partial charge in [0.25, 0.3) is 5.91 Å². The number of carbonyl (C=O) groups is 2. The van der Waals surface area contributed by atoms with E-state index in [2.05, 4.69) is 16.9 Å². The summed E-state index contributed by atoms with van der Waals surface area (Å²) < 4.78 is 20.4. The Kier molecular flexibility index (Phi) is 8.28. The highest BCUT2D eigenvalue weighted by atomic mass is 32.1. The lowest BCUT2D eigenvalue weighted by Crippen LogP contribution is -2.47. The Labute approximate surface area is 233 Å². The molecule has 1 unspecified atom stereocenters. The molecule has 0 spiro atoms. The average molecular weight is 551 g/mol. The van der Waals surface area contributed by atoms with Crippen molar-refractivity contribution in [2.24, 2.45) is 5.92 Å². The zero-order chi connectivity index (χ0) is 27.5. The lowest BCUT2D eigenvalue weighted by atomic mass is 9.87. The minimum atomic E-state index is -0.382. The maximum atomic E-state index is 14.3. The van der Waals surface area contributed by atoms with Crippen LogP contribution in [0.15, 0.2) is 47.8 Å². The van der Waals surface area contributed by atoms with Gasteiger partial charge in [0.15, 0.2) is 0 Å². The lowest BCUT2D eigenvalue weighted by Gasteiger charge is -2.38. The average Bonchev–Trinajstić information content (AvgIpc) is 3.40.